The molecule has 0 aliphatic rings. The summed E-state index contributed by atoms with van der Waals surface area (Å²) in [5, 5.41) is 12.3. The van der Waals surface area contributed by atoms with Gasteiger partial charge >= 0.3 is 5.97 Å². The summed E-state index contributed by atoms with van der Waals surface area (Å²) in [4.78, 5) is 37.2. The fraction of sp³-hybridized carbons (Fsp3) is 0.312. The summed E-state index contributed by atoms with van der Waals surface area (Å²) in [7, 11) is 0. The smallest absolute Gasteiger partial charge is 0.303 e. The van der Waals surface area contributed by atoms with Crippen LogP contribution >= 0.6 is 0 Å². The molecule has 6 nitrogen and oxygen atoms in total. The highest BCUT2D eigenvalue weighted by Gasteiger charge is 2.23. The number of pyridine rings is 1. The van der Waals surface area contributed by atoms with E-state index in [1.165, 1.54) is 6.07 Å². The van der Waals surface area contributed by atoms with Crippen molar-refractivity contribution < 1.29 is 14.7 Å². The molecule has 1 heterocycles. The topological polar surface area (TPSA) is 99.3 Å². The lowest BCUT2D eigenvalue weighted by atomic mass is 9.97. The third kappa shape index (κ3) is 3.72. The minimum Gasteiger partial charge on any atom is -0.481 e. The maximum Gasteiger partial charge on any atom is 0.303 e. The first-order valence-corrected chi connectivity index (χ1v) is 6.95. The fourth-order valence-corrected chi connectivity index (χ4v) is 2.22. The molecule has 2 aromatic rings. The number of amides is 1. The molecule has 0 bridgehead atoms. The Balaban J connectivity index is 2.28. The number of fused-ring (bicyclic) bond motifs is 1. The average molecular weight is 302 g/mol. The third-order valence-corrected chi connectivity index (χ3v) is 3.42. The van der Waals surface area contributed by atoms with Gasteiger partial charge in [0.2, 0.25) is 5.56 Å². The number of carboxylic acid groups (broad SMARTS) is 1. The van der Waals surface area contributed by atoms with Crippen molar-refractivity contribution in [3.63, 3.8) is 0 Å². The van der Waals surface area contributed by atoms with Gasteiger partial charge in [-0.3, -0.25) is 14.4 Å². The van der Waals surface area contributed by atoms with Crippen molar-refractivity contribution >= 4 is 22.8 Å². The maximum absolute atomic E-state index is 12.4. The van der Waals surface area contributed by atoms with Crippen molar-refractivity contribution in [2.45, 2.75) is 32.2 Å². The highest BCUT2D eigenvalue weighted by Crippen LogP contribution is 2.17. The van der Waals surface area contributed by atoms with Crippen molar-refractivity contribution in [3.8, 4) is 0 Å². The molecule has 0 aliphatic carbocycles. The lowest BCUT2D eigenvalue weighted by Crippen LogP contribution is -2.43. The number of carbonyl (C=O) groups excluding carboxylic acids is 1. The molecule has 3 N–H and O–H groups in total. The Morgan fingerprint density at radius 3 is 2.64 bits per heavy atom. The van der Waals surface area contributed by atoms with E-state index in [1.54, 1.807) is 38.1 Å². The second-order valence-corrected chi connectivity index (χ2v) is 5.82. The van der Waals surface area contributed by atoms with Crippen LogP contribution in [0.2, 0.25) is 0 Å². The van der Waals surface area contributed by atoms with E-state index in [0.29, 0.717) is 17.5 Å². The Bertz CT molecular complexity index is 777. The van der Waals surface area contributed by atoms with Crippen LogP contribution in [0.25, 0.3) is 10.9 Å². The predicted molar refractivity (Wildman–Crippen MR) is 83.0 cm³/mol. The highest BCUT2D eigenvalue weighted by molar-refractivity contribution is 6.05. The number of benzene rings is 1. The van der Waals surface area contributed by atoms with Gasteiger partial charge in [0.05, 0.1) is 11.1 Å². The molecular weight excluding hydrogens is 284 g/mol. The van der Waals surface area contributed by atoms with Gasteiger partial charge in [-0.2, -0.15) is 0 Å². The Morgan fingerprint density at radius 1 is 1.23 bits per heavy atom. The molecule has 22 heavy (non-hydrogen) atoms. The number of carbonyl (C=O) groups is 2. The van der Waals surface area contributed by atoms with E-state index in [0.717, 1.165) is 5.39 Å². The van der Waals surface area contributed by atoms with Crippen LogP contribution in [0.4, 0.5) is 0 Å². The number of hydrogen-bond acceptors (Lipinski definition) is 3. The molecule has 0 unspecified atom stereocenters. The van der Waals surface area contributed by atoms with Gasteiger partial charge in [0.1, 0.15) is 0 Å². The Morgan fingerprint density at radius 2 is 1.95 bits per heavy atom. The second-order valence-electron chi connectivity index (χ2n) is 5.82. The molecule has 1 aromatic carbocycles. The van der Waals surface area contributed by atoms with Gasteiger partial charge in [0.15, 0.2) is 0 Å². The van der Waals surface area contributed by atoms with E-state index in [1.807, 2.05) is 0 Å². The molecule has 0 saturated carbocycles. The lowest BCUT2D eigenvalue weighted by molar-refractivity contribution is -0.137. The molecule has 0 saturated heterocycles. The van der Waals surface area contributed by atoms with Gasteiger partial charge in [-0.25, -0.2) is 0 Å². The highest BCUT2D eigenvalue weighted by atomic mass is 16.4. The van der Waals surface area contributed by atoms with Crippen molar-refractivity contribution in [3.05, 3.63) is 46.2 Å². The molecule has 1 aromatic heterocycles. The monoisotopic (exact) mass is 302 g/mol. The molecule has 2 rings (SSSR count). The molecule has 0 fully saturated rings. The van der Waals surface area contributed by atoms with Crippen LogP contribution in [0.3, 0.4) is 0 Å². The SMILES string of the molecule is CC(C)(CCC(=O)O)NC(=O)c1cccc2ccc(=O)[nH]c12. The third-order valence-electron chi connectivity index (χ3n) is 3.42. The summed E-state index contributed by atoms with van der Waals surface area (Å²) >= 11 is 0. The molecule has 116 valence electrons. The normalized spacial score (nSPS) is 11.4. The lowest BCUT2D eigenvalue weighted by Gasteiger charge is -2.25. The van der Waals surface area contributed by atoms with E-state index in [-0.39, 0.29) is 17.9 Å². The molecule has 0 aliphatic heterocycles. The van der Waals surface area contributed by atoms with Crippen molar-refractivity contribution in [2.24, 2.45) is 0 Å². The van der Waals surface area contributed by atoms with E-state index in [2.05, 4.69) is 10.3 Å². The average Bonchev–Trinajstić information content (AvgIpc) is 2.44. The zero-order valence-electron chi connectivity index (χ0n) is 12.5. The van der Waals surface area contributed by atoms with Gasteiger partial charge in [-0.05, 0) is 37.8 Å². The minimum absolute atomic E-state index is 0.0281. The van der Waals surface area contributed by atoms with Crippen LogP contribution in [0.15, 0.2) is 35.1 Å². The number of rotatable bonds is 5. The van der Waals surface area contributed by atoms with Crippen molar-refractivity contribution in [1.82, 2.24) is 10.3 Å². The number of nitrogens with one attached hydrogen (secondary N) is 2. The van der Waals surface area contributed by atoms with Gasteiger partial charge < -0.3 is 15.4 Å². The number of hydrogen-bond donors (Lipinski definition) is 3. The van der Waals surface area contributed by atoms with Gasteiger partial charge in [0.25, 0.3) is 5.91 Å². The van der Waals surface area contributed by atoms with Crippen molar-refractivity contribution in [2.75, 3.05) is 0 Å². The molecule has 0 atom stereocenters. The number of para-hydroxylation sites is 1. The fourth-order valence-electron chi connectivity index (χ4n) is 2.22. The first kappa shape index (κ1) is 15.8. The number of aromatic nitrogens is 1. The summed E-state index contributed by atoms with van der Waals surface area (Å²) in [6.45, 7) is 3.53. The molecular formula is C16H18N2O4. The summed E-state index contributed by atoms with van der Waals surface area (Å²) in [5.74, 6) is -1.25. The number of H-pyrrole nitrogens is 1. The summed E-state index contributed by atoms with van der Waals surface area (Å²) in [6.07, 6.45) is 0.287. The largest absolute Gasteiger partial charge is 0.481 e. The summed E-state index contributed by atoms with van der Waals surface area (Å²) in [6, 6.07) is 8.22. The molecule has 1 amide bonds. The number of carboxylic acids is 1. The van der Waals surface area contributed by atoms with Crippen LogP contribution in [0.1, 0.15) is 37.0 Å². The first-order valence-electron chi connectivity index (χ1n) is 6.95. The zero-order chi connectivity index (χ0) is 16.3. The van der Waals surface area contributed by atoms with Crippen LogP contribution in [0.5, 0.6) is 0 Å². The van der Waals surface area contributed by atoms with E-state index in [9.17, 15) is 14.4 Å². The van der Waals surface area contributed by atoms with Crippen LogP contribution in [0, 0.1) is 0 Å². The van der Waals surface area contributed by atoms with Crippen LogP contribution in [-0.2, 0) is 4.79 Å². The Hall–Kier alpha value is -2.63. The van der Waals surface area contributed by atoms with Crippen molar-refractivity contribution in [1.29, 1.82) is 0 Å². The molecule has 6 heteroatoms. The van der Waals surface area contributed by atoms with E-state index >= 15 is 0 Å². The van der Waals surface area contributed by atoms with Crippen LogP contribution < -0.4 is 10.9 Å². The minimum atomic E-state index is -0.906. The number of aliphatic carboxylic acids is 1. The zero-order valence-corrected chi connectivity index (χ0v) is 12.5. The van der Waals surface area contributed by atoms with E-state index in [4.69, 9.17) is 5.11 Å². The van der Waals surface area contributed by atoms with Crippen LogP contribution in [-0.4, -0.2) is 27.5 Å². The molecule has 0 spiro atoms. The van der Waals surface area contributed by atoms with Gasteiger partial charge in [0, 0.05) is 18.0 Å². The van der Waals surface area contributed by atoms with Gasteiger partial charge in [-0.15, -0.1) is 0 Å². The van der Waals surface area contributed by atoms with E-state index < -0.39 is 11.5 Å². The second kappa shape index (κ2) is 6.01. The standard InChI is InChI=1S/C16H18N2O4/c1-16(2,9-8-13(20)21)18-15(22)11-5-3-4-10-6-7-12(19)17-14(10)11/h3-7H,8-9H2,1-2H3,(H,17,19)(H,18,22)(H,20,21). The Labute approximate surface area is 127 Å². The predicted octanol–water partition coefficient (Wildman–Crippen LogP) is 1.90. The summed E-state index contributed by atoms with van der Waals surface area (Å²) in [5.41, 5.74) is -0.106. The van der Waals surface area contributed by atoms with Gasteiger partial charge in [-0.1, -0.05) is 12.1 Å². The summed E-state index contributed by atoms with van der Waals surface area (Å²) < 4.78 is 0. The maximum atomic E-state index is 12.4. The molecule has 0 radical (unpaired) electrons. The number of aromatic amines is 1. The first-order chi connectivity index (χ1) is 10.3. The Kier molecular flexibility index (Phi) is 4.30. The quantitative estimate of drug-likeness (QED) is 0.785.